The summed E-state index contributed by atoms with van der Waals surface area (Å²) in [6, 6.07) is -1.82. The van der Waals surface area contributed by atoms with E-state index in [4.69, 9.17) is 11.6 Å². The molecule has 0 amide bonds. The van der Waals surface area contributed by atoms with Gasteiger partial charge in [-0.25, -0.2) is 0 Å². The van der Waals surface area contributed by atoms with Crippen molar-refractivity contribution in [1.29, 1.82) is 0 Å². The van der Waals surface area contributed by atoms with Gasteiger partial charge in [0.15, 0.2) is 0 Å². The van der Waals surface area contributed by atoms with E-state index >= 15 is 0 Å². The van der Waals surface area contributed by atoms with Crippen molar-refractivity contribution in [3.63, 3.8) is 0 Å². The Balaban J connectivity index is 2.71. The minimum absolute atomic E-state index is 0.0934. The normalized spacial score (nSPS) is 31.7. The van der Waals surface area contributed by atoms with Gasteiger partial charge in [0.05, 0.1) is 6.85 Å². The molecule has 3 heteroatoms. The molecular weight excluding hydrogens is 238 g/mol. The first kappa shape index (κ1) is 8.75. The molecule has 1 fully saturated rings. The second-order valence-electron chi connectivity index (χ2n) is 5.13. The van der Waals surface area contributed by atoms with Crippen LogP contribution in [0.4, 0.5) is 0 Å². The number of piperidine rings is 1. The molecule has 2 rings (SSSR count). The predicted octanol–water partition coefficient (Wildman–Crippen LogP) is 2.81. The van der Waals surface area contributed by atoms with Crippen molar-refractivity contribution in [3.8, 4) is 0 Å². The summed E-state index contributed by atoms with van der Waals surface area (Å²) in [6.07, 6.45) is 0.563. The predicted molar refractivity (Wildman–Crippen MR) is 75.8 cm³/mol. The molecule has 3 nitrogen and oxygen atoms in total. The maximum atomic E-state index is 12.1. The third-order valence-electron chi connectivity index (χ3n) is 3.75. The van der Waals surface area contributed by atoms with E-state index in [1.165, 1.54) is 0 Å². The lowest BCUT2D eigenvalue weighted by Crippen LogP contribution is -2.50. The van der Waals surface area contributed by atoms with Crippen molar-refractivity contribution in [3.05, 3.63) is 35.8 Å². The van der Waals surface area contributed by atoms with Gasteiger partial charge >= 0.3 is 5.97 Å². The molecule has 2 atom stereocenters. The molecule has 0 aromatic heterocycles. The van der Waals surface area contributed by atoms with E-state index in [2.05, 4.69) is 4.90 Å². The van der Waals surface area contributed by atoms with Gasteiger partial charge in [0.25, 0.3) is 0 Å². The Morgan fingerprint density at radius 1 is 1.53 bits per heavy atom. The first-order valence-electron chi connectivity index (χ1n) is 9.13. The summed E-state index contributed by atoms with van der Waals surface area (Å²) in [5.41, 5.74) is -1.11. The minimum Gasteiger partial charge on any atom is -0.454 e. The Labute approximate surface area is 122 Å². The Morgan fingerprint density at radius 3 is 2.79 bits per heavy atom. The molecule has 19 heavy (non-hydrogen) atoms. The summed E-state index contributed by atoms with van der Waals surface area (Å²) in [4.78, 5) is 14.1. The summed E-state index contributed by atoms with van der Waals surface area (Å²) in [6.45, 7) is 4.79. The Kier molecular flexibility index (Phi) is 2.64. The third-order valence-corrected chi connectivity index (χ3v) is 3.75. The Bertz CT molecular complexity index is 637. The van der Waals surface area contributed by atoms with Crippen molar-refractivity contribution in [2.45, 2.75) is 32.3 Å². The largest absolute Gasteiger partial charge is 0.454 e. The van der Waals surface area contributed by atoms with Crippen LogP contribution in [0.15, 0.2) is 30.2 Å². The molecule has 1 aromatic carbocycles. The fraction of sp³-hybridized carbons (Fsp3) is 0.562. The van der Waals surface area contributed by atoms with E-state index < -0.39 is 29.7 Å². The van der Waals surface area contributed by atoms with Gasteiger partial charge in [-0.2, -0.15) is 0 Å². The van der Waals surface area contributed by atoms with Gasteiger partial charge in [-0.3, -0.25) is 4.79 Å². The molecule has 1 heterocycles. The fourth-order valence-corrected chi connectivity index (χ4v) is 2.62. The summed E-state index contributed by atoms with van der Waals surface area (Å²) in [5, 5.41) is 0. The number of hydrogen-bond donors (Lipinski definition) is 0. The number of esters is 1. The molecule has 0 unspecified atom stereocenters. The van der Waals surface area contributed by atoms with Crippen LogP contribution in [0.25, 0.3) is 0 Å². The highest BCUT2D eigenvalue weighted by atomic mass is 16.6. The number of carbonyl (C=O) groups excluding carboxylic acids is 1. The van der Waals surface area contributed by atoms with Gasteiger partial charge in [0.1, 0.15) is 5.60 Å². The SMILES string of the molecule is [2H]c1c([2H])c([2H])c([C@@]2(OC(=O)CC)CCN(C)C[C@H]2C)c([2H])c1[2H]. The topological polar surface area (TPSA) is 29.5 Å². The first-order valence-corrected chi connectivity index (χ1v) is 6.63. The first-order chi connectivity index (χ1) is 11.2. The van der Waals surface area contributed by atoms with Crippen LogP contribution in [0.1, 0.15) is 39.1 Å². The van der Waals surface area contributed by atoms with Crippen LogP contribution >= 0.6 is 0 Å². The van der Waals surface area contributed by atoms with E-state index in [-0.39, 0.29) is 30.0 Å². The van der Waals surface area contributed by atoms with E-state index in [1.54, 1.807) is 6.92 Å². The molecule has 0 radical (unpaired) electrons. The molecule has 0 spiro atoms. The van der Waals surface area contributed by atoms with Crippen LogP contribution < -0.4 is 0 Å². The molecule has 0 saturated carbocycles. The van der Waals surface area contributed by atoms with Crippen molar-refractivity contribution in [2.75, 3.05) is 20.1 Å². The van der Waals surface area contributed by atoms with Crippen molar-refractivity contribution >= 4 is 5.97 Å². The van der Waals surface area contributed by atoms with Crippen LogP contribution in [0.3, 0.4) is 0 Å². The van der Waals surface area contributed by atoms with Gasteiger partial charge in [-0.15, -0.1) is 0 Å². The molecule has 0 N–H and O–H groups in total. The molecule has 0 bridgehead atoms. The van der Waals surface area contributed by atoms with E-state index in [9.17, 15) is 4.79 Å². The van der Waals surface area contributed by atoms with Crippen LogP contribution in [0.5, 0.6) is 0 Å². The second kappa shape index (κ2) is 5.74. The average Bonchev–Trinajstić information content (AvgIpc) is 2.54. The number of ether oxygens (including phenoxy) is 1. The zero-order valence-corrected chi connectivity index (χ0v) is 11.7. The number of rotatable bonds is 3. The molecule has 1 saturated heterocycles. The van der Waals surface area contributed by atoms with Crippen molar-refractivity contribution < 1.29 is 16.4 Å². The summed E-state index contributed by atoms with van der Waals surface area (Å²) in [7, 11) is 1.95. The van der Waals surface area contributed by atoms with Gasteiger partial charge in [0, 0.05) is 31.8 Å². The van der Waals surface area contributed by atoms with Crippen LogP contribution in [-0.4, -0.2) is 31.0 Å². The van der Waals surface area contributed by atoms with Gasteiger partial charge in [-0.1, -0.05) is 44.1 Å². The maximum Gasteiger partial charge on any atom is 0.306 e. The van der Waals surface area contributed by atoms with Crippen molar-refractivity contribution in [1.82, 2.24) is 4.90 Å². The van der Waals surface area contributed by atoms with E-state index in [0.717, 1.165) is 0 Å². The number of hydrogen-bond acceptors (Lipinski definition) is 3. The standard InChI is InChI=1S/C16H23NO2/c1-4-15(18)19-16(14-8-6-5-7-9-14)10-11-17(3)12-13(16)2/h5-9,13H,4,10-12H2,1-3H3/t13-,16-/m1/s1/i5D,6D,7D,8D,9D. The van der Waals surface area contributed by atoms with Crippen molar-refractivity contribution in [2.24, 2.45) is 5.92 Å². The lowest BCUT2D eigenvalue weighted by atomic mass is 9.76. The Hall–Kier alpha value is -1.35. The van der Waals surface area contributed by atoms with E-state index in [0.29, 0.717) is 19.5 Å². The third kappa shape index (κ3) is 2.81. The van der Waals surface area contributed by atoms with Crippen LogP contribution in [-0.2, 0) is 15.1 Å². The smallest absolute Gasteiger partial charge is 0.306 e. The molecule has 0 aliphatic carbocycles. The van der Waals surface area contributed by atoms with Crippen LogP contribution in [0.2, 0.25) is 0 Å². The van der Waals surface area contributed by atoms with E-state index in [1.807, 2.05) is 14.0 Å². The Morgan fingerprint density at radius 2 is 2.21 bits per heavy atom. The second-order valence-corrected chi connectivity index (χ2v) is 5.13. The summed E-state index contributed by atoms with van der Waals surface area (Å²) in [5.74, 6) is -0.631. The lowest BCUT2D eigenvalue weighted by molar-refractivity contribution is -0.174. The summed E-state index contributed by atoms with van der Waals surface area (Å²) < 4.78 is 45.9. The molecule has 104 valence electrons. The fourth-order valence-electron chi connectivity index (χ4n) is 2.62. The summed E-state index contributed by atoms with van der Waals surface area (Å²) >= 11 is 0. The molecule has 1 aliphatic rings. The zero-order chi connectivity index (χ0) is 18.2. The maximum absolute atomic E-state index is 12.1. The van der Waals surface area contributed by atoms with Crippen LogP contribution in [0, 0.1) is 5.92 Å². The zero-order valence-electron chi connectivity index (χ0n) is 16.7. The highest BCUT2D eigenvalue weighted by molar-refractivity contribution is 5.69. The number of nitrogens with zero attached hydrogens (tertiary/aromatic N) is 1. The molecule has 1 aromatic rings. The quantitative estimate of drug-likeness (QED) is 0.788. The average molecular weight is 266 g/mol. The highest BCUT2D eigenvalue weighted by Crippen LogP contribution is 2.40. The minimum atomic E-state index is -1.20. The number of likely N-dealkylation sites (tertiary alicyclic amines) is 1. The monoisotopic (exact) mass is 266 g/mol. The molecule has 1 aliphatic heterocycles. The van der Waals surface area contributed by atoms with Gasteiger partial charge in [-0.05, 0) is 12.6 Å². The number of carbonyl (C=O) groups is 1. The van der Waals surface area contributed by atoms with Gasteiger partial charge in [0.2, 0.25) is 0 Å². The number of benzene rings is 1. The van der Waals surface area contributed by atoms with Gasteiger partial charge < -0.3 is 9.64 Å². The highest BCUT2D eigenvalue weighted by Gasteiger charge is 2.44. The molecular formula is C16H23NO2. The lowest BCUT2D eigenvalue weighted by Gasteiger charge is -2.45.